The molecule has 2 nitrogen and oxygen atoms in total. The van der Waals surface area contributed by atoms with E-state index in [1.165, 1.54) is 12.1 Å². The monoisotopic (exact) mass is 464 g/mol. The van der Waals surface area contributed by atoms with Crippen LogP contribution in [0.1, 0.15) is 17.2 Å². The summed E-state index contributed by atoms with van der Waals surface area (Å²) in [6.45, 7) is 0. The predicted molar refractivity (Wildman–Crippen MR) is 89.7 cm³/mol. The molecule has 0 heterocycles. The molecular weight excluding hydrogens is 455 g/mol. The SMILES string of the molecule is NNC(Cc1cc(F)cc(Br)c1)c1cc(Br)cc(Br)c1. The van der Waals surface area contributed by atoms with Gasteiger partial charge >= 0.3 is 0 Å². The Kier molecular flexibility index (Phi) is 5.74. The smallest absolute Gasteiger partial charge is 0.124 e. The van der Waals surface area contributed by atoms with Crippen LogP contribution < -0.4 is 11.3 Å². The molecule has 0 saturated carbocycles. The van der Waals surface area contributed by atoms with Crippen molar-refractivity contribution >= 4 is 47.8 Å². The number of nitrogens with two attached hydrogens (primary N) is 1. The van der Waals surface area contributed by atoms with E-state index in [1.54, 1.807) is 0 Å². The molecule has 20 heavy (non-hydrogen) atoms. The predicted octanol–water partition coefficient (Wildman–Crippen LogP) is 4.86. The van der Waals surface area contributed by atoms with E-state index >= 15 is 0 Å². The Balaban J connectivity index is 2.28. The third-order valence-electron chi connectivity index (χ3n) is 2.85. The Morgan fingerprint density at radius 1 is 0.950 bits per heavy atom. The van der Waals surface area contributed by atoms with E-state index in [9.17, 15) is 4.39 Å². The Hall–Kier alpha value is -0.270. The zero-order chi connectivity index (χ0) is 14.7. The zero-order valence-corrected chi connectivity index (χ0v) is 15.1. The van der Waals surface area contributed by atoms with Crippen molar-refractivity contribution in [2.75, 3.05) is 0 Å². The third kappa shape index (κ3) is 4.36. The molecule has 0 aliphatic heterocycles. The van der Waals surface area contributed by atoms with E-state index in [1.807, 2.05) is 24.3 Å². The zero-order valence-electron chi connectivity index (χ0n) is 10.3. The second-order valence-corrected chi connectivity index (χ2v) is 7.15. The number of rotatable bonds is 4. The highest BCUT2D eigenvalue weighted by molar-refractivity contribution is 9.11. The Bertz CT molecular complexity index is 579. The minimum atomic E-state index is -0.263. The largest absolute Gasteiger partial charge is 0.271 e. The van der Waals surface area contributed by atoms with Gasteiger partial charge in [-0.25, -0.2) is 4.39 Å². The molecule has 0 aliphatic carbocycles. The van der Waals surface area contributed by atoms with Crippen molar-refractivity contribution in [3.8, 4) is 0 Å². The number of halogens is 4. The van der Waals surface area contributed by atoms with Gasteiger partial charge in [-0.3, -0.25) is 11.3 Å². The number of hydrogen-bond acceptors (Lipinski definition) is 2. The molecule has 2 aromatic carbocycles. The van der Waals surface area contributed by atoms with Crippen LogP contribution >= 0.6 is 47.8 Å². The van der Waals surface area contributed by atoms with Gasteiger partial charge in [0.05, 0.1) is 6.04 Å². The van der Waals surface area contributed by atoms with Crippen molar-refractivity contribution in [3.05, 3.63) is 66.8 Å². The van der Waals surface area contributed by atoms with Gasteiger partial charge in [-0.15, -0.1) is 0 Å². The average Bonchev–Trinajstić information content (AvgIpc) is 2.33. The van der Waals surface area contributed by atoms with E-state index in [0.29, 0.717) is 6.42 Å². The van der Waals surface area contributed by atoms with E-state index in [2.05, 4.69) is 53.2 Å². The molecule has 0 aromatic heterocycles. The molecule has 1 atom stereocenters. The van der Waals surface area contributed by atoms with Gasteiger partial charge in [-0.1, -0.05) is 47.8 Å². The van der Waals surface area contributed by atoms with Gasteiger partial charge in [0, 0.05) is 13.4 Å². The molecule has 2 rings (SSSR count). The highest BCUT2D eigenvalue weighted by Gasteiger charge is 2.13. The highest BCUT2D eigenvalue weighted by atomic mass is 79.9. The maximum Gasteiger partial charge on any atom is 0.124 e. The van der Waals surface area contributed by atoms with E-state index in [-0.39, 0.29) is 11.9 Å². The van der Waals surface area contributed by atoms with Crippen molar-refractivity contribution in [2.45, 2.75) is 12.5 Å². The summed E-state index contributed by atoms with van der Waals surface area (Å²) >= 11 is 10.2. The normalized spacial score (nSPS) is 12.4. The highest BCUT2D eigenvalue weighted by Crippen LogP contribution is 2.27. The molecule has 2 aromatic rings. The molecule has 0 aliphatic rings. The fourth-order valence-corrected chi connectivity index (χ4v) is 3.86. The summed E-state index contributed by atoms with van der Waals surface area (Å²) in [4.78, 5) is 0. The summed E-state index contributed by atoms with van der Waals surface area (Å²) in [7, 11) is 0. The first-order valence-corrected chi connectivity index (χ1v) is 8.23. The van der Waals surface area contributed by atoms with Crippen LogP contribution in [0.4, 0.5) is 4.39 Å². The number of benzene rings is 2. The molecule has 0 saturated heterocycles. The van der Waals surface area contributed by atoms with Crippen LogP contribution in [-0.2, 0) is 6.42 Å². The summed E-state index contributed by atoms with van der Waals surface area (Å²) in [6.07, 6.45) is 0.593. The Morgan fingerprint density at radius 2 is 1.55 bits per heavy atom. The summed E-state index contributed by atoms with van der Waals surface area (Å²) in [5.41, 5.74) is 4.67. The molecule has 1 unspecified atom stereocenters. The van der Waals surface area contributed by atoms with Crippen LogP contribution in [0.2, 0.25) is 0 Å². The maximum atomic E-state index is 13.4. The summed E-state index contributed by atoms with van der Waals surface area (Å²) in [5, 5.41) is 0. The number of nitrogens with one attached hydrogen (secondary N) is 1. The minimum absolute atomic E-state index is 0.0995. The summed E-state index contributed by atoms with van der Waals surface area (Å²) in [5.74, 6) is 5.38. The average molecular weight is 467 g/mol. The van der Waals surface area contributed by atoms with Crippen LogP contribution in [0.25, 0.3) is 0 Å². The summed E-state index contributed by atoms with van der Waals surface area (Å²) in [6, 6.07) is 10.7. The molecular formula is C14H12Br3FN2. The molecule has 0 fully saturated rings. The second kappa shape index (κ2) is 7.13. The van der Waals surface area contributed by atoms with E-state index in [0.717, 1.165) is 24.5 Å². The Morgan fingerprint density at radius 3 is 2.10 bits per heavy atom. The van der Waals surface area contributed by atoms with Crippen LogP contribution in [0.5, 0.6) is 0 Å². The fraction of sp³-hybridized carbons (Fsp3) is 0.143. The van der Waals surface area contributed by atoms with E-state index in [4.69, 9.17) is 5.84 Å². The first-order valence-electron chi connectivity index (χ1n) is 5.85. The third-order valence-corrected chi connectivity index (χ3v) is 4.22. The van der Waals surface area contributed by atoms with Crippen LogP contribution in [0, 0.1) is 5.82 Å². The first kappa shape index (κ1) is 16.1. The first-order chi connectivity index (χ1) is 9.47. The van der Waals surface area contributed by atoms with Gasteiger partial charge in [0.2, 0.25) is 0 Å². The maximum absolute atomic E-state index is 13.4. The van der Waals surface area contributed by atoms with Gasteiger partial charge in [-0.2, -0.15) is 0 Å². The van der Waals surface area contributed by atoms with Crippen LogP contribution in [0.3, 0.4) is 0 Å². The van der Waals surface area contributed by atoms with Crippen molar-refractivity contribution in [3.63, 3.8) is 0 Å². The van der Waals surface area contributed by atoms with E-state index < -0.39 is 0 Å². The van der Waals surface area contributed by atoms with Gasteiger partial charge in [-0.05, 0) is 53.9 Å². The lowest BCUT2D eigenvalue weighted by molar-refractivity contribution is 0.548. The van der Waals surface area contributed by atoms with Gasteiger partial charge in [0.25, 0.3) is 0 Å². The van der Waals surface area contributed by atoms with Crippen molar-refractivity contribution in [1.82, 2.24) is 5.43 Å². The minimum Gasteiger partial charge on any atom is -0.271 e. The van der Waals surface area contributed by atoms with Gasteiger partial charge in [0.15, 0.2) is 0 Å². The Labute approximate surface area is 142 Å². The van der Waals surface area contributed by atoms with Gasteiger partial charge < -0.3 is 0 Å². The molecule has 0 spiro atoms. The molecule has 3 N–H and O–H groups in total. The molecule has 0 amide bonds. The molecule has 106 valence electrons. The van der Waals surface area contributed by atoms with Crippen molar-refractivity contribution in [2.24, 2.45) is 5.84 Å². The van der Waals surface area contributed by atoms with Gasteiger partial charge in [0.1, 0.15) is 5.82 Å². The summed E-state index contributed by atoms with van der Waals surface area (Å²) < 4.78 is 16.1. The molecule has 0 radical (unpaired) electrons. The van der Waals surface area contributed by atoms with Crippen LogP contribution in [-0.4, -0.2) is 0 Å². The quantitative estimate of drug-likeness (QED) is 0.499. The second-order valence-electron chi connectivity index (χ2n) is 4.40. The number of hydrazine groups is 1. The van der Waals surface area contributed by atoms with Crippen LogP contribution in [0.15, 0.2) is 49.8 Å². The van der Waals surface area contributed by atoms with Crippen molar-refractivity contribution < 1.29 is 4.39 Å². The lowest BCUT2D eigenvalue weighted by Gasteiger charge is -2.17. The number of hydrogen-bond donors (Lipinski definition) is 2. The lowest BCUT2D eigenvalue weighted by atomic mass is 9.99. The molecule has 6 heteroatoms. The fourth-order valence-electron chi connectivity index (χ4n) is 2.01. The topological polar surface area (TPSA) is 38.0 Å². The van der Waals surface area contributed by atoms with Crippen molar-refractivity contribution in [1.29, 1.82) is 0 Å². The molecule has 0 bridgehead atoms. The standard InChI is InChI=1S/C14H12Br3FN2/c15-10-1-8(2-13(18)7-10)3-14(20-19)9-4-11(16)6-12(17)5-9/h1-2,4-7,14,20H,3,19H2. The lowest BCUT2D eigenvalue weighted by Crippen LogP contribution is -2.29.